The molecule has 3 rings (SSSR count). The monoisotopic (exact) mass is 279 g/mol. The lowest BCUT2D eigenvalue weighted by molar-refractivity contribution is 0.142. The van der Waals surface area contributed by atoms with Crippen molar-refractivity contribution in [3.63, 3.8) is 0 Å². The highest BCUT2D eigenvalue weighted by Crippen LogP contribution is 2.25. The van der Waals surface area contributed by atoms with Crippen LogP contribution in [0.5, 0.6) is 5.75 Å². The minimum absolute atomic E-state index is 0.474. The van der Waals surface area contributed by atoms with Crippen LogP contribution < -0.4 is 4.74 Å². The molecule has 2 aromatic carbocycles. The molecule has 106 valence electrons. The molecule has 3 nitrogen and oxygen atoms in total. The van der Waals surface area contributed by atoms with Crippen molar-refractivity contribution in [2.24, 2.45) is 0 Å². The summed E-state index contributed by atoms with van der Waals surface area (Å²) in [6, 6.07) is 17.5. The molecular weight excluding hydrogens is 262 g/mol. The van der Waals surface area contributed by atoms with Crippen molar-refractivity contribution in [3.8, 4) is 5.75 Å². The summed E-state index contributed by atoms with van der Waals surface area (Å²) in [5, 5.41) is 12.5. The molecule has 0 aliphatic rings. The minimum atomic E-state index is -0.554. The normalized spacial score (nSPS) is 12.2. The first-order valence-electron chi connectivity index (χ1n) is 7.03. The van der Waals surface area contributed by atoms with Crippen molar-refractivity contribution in [1.82, 2.24) is 4.98 Å². The number of benzene rings is 2. The van der Waals surface area contributed by atoms with Gasteiger partial charge in [0.1, 0.15) is 5.75 Å². The SMILES string of the molecule is OC(CCOc1ccccc1)c1cccc2ccncc12. The maximum Gasteiger partial charge on any atom is 0.119 e. The van der Waals surface area contributed by atoms with Crippen LogP contribution in [0.15, 0.2) is 67.0 Å². The van der Waals surface area contributed by atoms with E-state index >= 15 is 0 Å². The predicted octanol–water partition coefficient (Wildman–Crippen LogP) is 3.74. The van der Waals surface area contributed by atoms with E-state index in [1.165, 1.54) is 0 Å². The van der Waals surface area contributed by atoms with Gasteiger partial charge in [0.2, 0.25) is 0 Å². The Hall–Kier alpha value is -2.39. The van der Waals surface area contributed by atoms with Crippen molar-refractivity contribution >= 4 is 10.8 Å². The molecule has 0 aliphatic carbocycles. The molecule has 0 spiro atoms. The van der Waals surface area contributed by atoms with Crippen molar-refractivity contribution in [1.29, 1.82) is 0 Å². The molecule has 1 unspecified atom stereocenters. The average molecular weight is 279 g/mol. The Morgan fingerprint density at radius 1 is 1.00 bits per heavy atom. The molecule has 0 amide bonds. The van der Waals surface area contributed by atoms with E-state index in [-0.39, 0.29) is 0 Å². The number of pyridine rings is 1. The zero-order valence-corrected chi connectivity index (χ0v) is 11.6. The number of ether oxygens (including phenoxy) is 1. The fourth-order valence-electron chi connectivity index (χ4n) is 2.39. The molecule has 3 heteroatoms. The summed E-state index contributed by atoms with van der Waals surface area (Å²) < 4.78 is 5.63. The van der Waals surface area contributed by atoms with Gasteiger partial charge in [-0.15, -0.1) is 0 Å². The Labute approximate surface area is 123 Å². The van der Waals surface area contributed by atoms with Gasteiger partial charge in [-0.05, 0) is 29.1 Å². The molecule has 0 bridgehead atoms. The number of aliphatic hydroxyl groups excluding tert-OH is 1. The lowest BCUT2D eigenvalue weighted by Gasteiger charge is -2.14. The third-order valence-electron chi connectivity index (χ3n) is 3.48. The van der Waals surface area contributed by atoms with Gasteiger partial charge < -0.3 is 9.84 Å². The van der Waals surface area contributed by atoms with E-state index in [0.29, 0.717) is 13.0 Å². The summed E-state index contributed by atoms with van der Waals surface area (Å²) in [4.78, 5) is 4.14. The van der Waals surface area contributed by atoms with Crippen LogP contribution in [0.1, 0.15) is 18.1 Å². The van der Waals surface area contributed by atoms with Gasteiger partial charge >= 0.3 is 0 Å². The third kappa shape index (κ3) is 3.20. The van der Waals surface area contributed by atoms with Crippen molar-refractivity contribution < 1.29 is 9.84 Å². The van der Waals surface area contributed by atoms with Gasteiger partial charge in [-0.1, -0.05) is 36.4 Å². The molecule has 21 heavy (non-hydrogen) atoms. The maximum absolute atomic E-state index is 10.4. The van der Waals surface area contributed by atoms with Crippen LogP contribution in [0.4, 0.5) is 0 Å². The molecule has 0 aliphatic heterocycles. The van der Waals surface area contributed by atoms with Crippen molar-refractivity contribution in [3.05, 3.63) is 72.6 Å². The van der Waals surface area contributed by atoms with Crippen LogP contribution in [-0.4, -0.2) is 16.7 Å². The fraction of sp³-hybridized carbons (Fsp3) is 0.167. The van der Waals surface area contributed by atoms with Crippen molar-refractivity contribution in [2.75, 3.05) is 6.61 Å². The van der Waals surface area contributed by atoms with Crippen LogP contribution >= 0.6 is 0 Å². The van der Waals surface area contributed by atoms with Crippen LogP contribution in [0.25, 0.3) is 10.8 Å². The van der Waals surface area contributed by atoms with Crippen LogP contribution in [0.2, 0.25) is 0 Å². The summed E-state index contributed by atoms with van der Waals surface area (Å²) in [6.07, 6.45) is 3.55. The molecule has 0 saturated heterocycles. The third-order valence-corrected chi connectivity index (χ3v) is 3.48. The van der Waals surface area contributed by atoms with Crippen LogP contribution in [0, 0.1) is 0 Å². The Morgan fingerprint density at radius 2 is 1.86 bits per heavy atom. The Bertz CT molecular complexity index is 707. The van der Waals surface area contributed by atoms with E-state index in [1.54, 1.807) is 12.4 Å². The second-order valence-electron chi connectivity index (χ2n) is 4.91. The van der Waals surface area contributed by atoms with E-state index < -0.39 is 6.10 Å². The molecule has 1 N–H and O–H groups in total. The number of para-hydroxylation sites is 1. The lowest BCUT2D eigenvalue weighted by atomic mass is 10.0. The van der Waals surface area contributed by atoms with E-state index in [2.05, 4.69) is 4.98 Å². The van der Waals surface area contributed by atoms with Gasteiger partial charge in [0.15, 0.2) is 0 Å². The number of hydrogen-bond donors (Lipinski definition) is 1. The predicted molar refractivity (Wildman–Crippen MR) is 83.3 cm³/mol. The molecule has 1 aromatic heterocycles. The minimum Gasteiger partial charge on any atom is -0.493 e. The molecule has 0 fully saturated rings. The molecule has 1 atom stereocenters. The van der Waals surface area contributed by atoms with Crippen LogP contribution in [0.3, 0.4) is 0 Å². The first-order valence-corrected chi connectivity index (χ1v) is 7.03. The highest BCUT2D eigenvalue weighted by atomic mass is 16.5. The van der Waals surface area contributed by atoms with Crippen molar-refractivity contribution in [2.45, 2.75) is 12.5 Å². The maximum atomic E-state index is 10.4. The topological polar surface area (TPSA) is 42.4 Å². The zero-order chi connectivity index (χ0) is 14.5. The molecule has 3 aromatic rings. The standard InChI is InChI=1S/C18H17NO2/c20-18(10-12-21-15-6-2-1-3-7-15)16-8-4-5-14-9-11-19-13-17(14)16/h1-9,11,13,18,20H,10,12H2. The highest BCUT2D eigenvalue weighted by Gasteiger charge is 2.11. The number of aliphatic hydroxyl groups is 1. The molecule has 1 heterocycles. The van der Waals surface area contributed by atoms with Gasteiger partial charge in [-0.3, -0.25) is 4.98 Å². The van der Waals surface area contributed by atoms with E-state index in [4.69, 9.17) is 4.74 Å². The average Bonchev–Trinajstić information content (AvgIpc) is 2.55. The number of nitrogens with zero attached hydrogens (tertiary/aromatic N) is 1. The molecule has 0 saturated carbocycles. The Kier molecular flexibility index (Phi) is 4.12. The van der Waals surface area contributed by atoms with Gasteiger partial charge in [0, 0.05) is 24.2 Å². The van der Waals surface area contributed by atoms with E-state index in [1.807, 2.05) is 54.6 Å². The summed E-state index contributed by atoms with van der Waals surface area (Å²) >= 11 is 0. The number of aromatic nitrogens is 1. The zero-order valence-electron chi connectivity index (χ0n) is 11.6. The Morgan fingerprint density at radius 3 is 2.71 bits per heavy atom. The summed E-state index contributed by atoms with van der Waals surface area (Å²) in [5.74, 6) is 0.823. The smallest absolute Gasteiger partial charge is 0.119 e. The van der Waals surface area contributed by atoms with Crippen LogP contribution in [-0.2, 0) is 0 Å². The quantitative estimate of drug-likeness (QED) is 0.773. The first-order chi connectivity index (χ1) is 10.3. The van der Waals surface area contributed by atoms with Gasteiger partial charge in [0.05, 0.1) is 12.7 Å². The first kappa shape index (κ1) is 13.6. The summed E-state index contributed by atoms with van der Waals surface area (Å²) in [6.45, 7) is 0.474. The van der Waals surface area contributed by atoms with E-state index in [0.717, 1.165) is 22.1 Å². The molecular formula is C18H17NO2. The van der Waals surface area contributed by atoms with Gasteiger partial charge in [0.25, 0.3) is 0 Å². The summed E-state index contributed by atoms with van der Waals surface area (Å²) in [7, 11) is 0. The largest absolute Gasteiger partial charge is 0.493 e. The second kappa shape index (κ2) is 6.37. The Balaban J connectivity index is 1.68. The second-order valence-corrected chi connectivity index (χ2v) is 4.91. The molecule has 0 radical (unpaired) electrons. The highest BCUT2D eigenvalue weighted by molar-refractivity contribution is 5.85. The van der Waals surface area contributed by atoms with Gasteiger partial charge in [-0.2, -0.15) is 0 Å². The fourth-order valence-corrected chi connectivity index (χ4v) is 2.39. The van der Waals surface area contributed by atoms with E-state index in [9.17, 15) is 5.11 Å². The van der Waals surface area contributed by atoms with Gasteiger partial charge in [-0.25, -0.2) is 0 Å². The lowest BCUT2D eigenvalue weighted by Crippen LogP contribution is -2.06. The number of fused-ring (bicyclic) bond motifs is 1. The number of rotatable bonds is 5. The number of hydrogen-bond acceptors (Lipinski definition) is 3. The summed E-state index contributed by atoms with van der Waals surface area (Å²) in [5.41, 5.74) is 0.900.